The summed E-state index contributed by atoms with van der Waals surface area (Å²) < 4.78 is 0. The molecule has 2 rings (SSSR count). The summed E-state index contributed by atoms with van der Waals surface area (Å²) in [5, 5.41) is 3.53. The van der Waals surface area contributed by atoms with Crippen molar-refractivity contribution in [1.82, 2.24) is 10.2 Å². The molecule has 18 heavy (non-hydrogen) atoms. The lowest BCUT2D eigenvalue weighted by Gasteiger charge is -2.40. The second kappa shape index (κ2) is 6.38. The largest absolute Gasteiger partial charge is 0.317 e. The normalized spacial score (nSPS) is 29.0. The van der Waals surface area contributed by atoms with Gasteiger partial charge in [-0.1, -0.05) is 27.2 Å². The highest BCUT2D eigenvalue weighted by atomic mass is 15.2. The van der Waals surface area contributed by atoms with Crippen molar-refractivity contribution in [2.45, 2.75) is 52.9 Å². The Bertz CT molecular complexity index is 238. The Morgan fingerprint density at radius 3 is 2.56 bits per heavy atom. The predicted octanol–water partition coefficient (Wildman–Crippen LogP) is 3.13. The van der Waals surface area contributed by atoms with Crippen molar-refractivity contribution in [2.24, 2.45) is 17.3 Å². The second-order valence-corrected chi connectivity index (χ2v) is 7.03. The average Bonchev–Trinajstić information content (AvgIpc) is 2.79. The molecule has 0 saturated carbocycles. The molecular formula is C16H32N2. The molecule has 1 N–H and O–H groups in total. The van der Waals surface area contributed by atoms with Gasteiger partial charge in [0.05, 0.1) is 0 Å². The highest BCUT2D eigenvalue weighted by Crippen LogP contribution is 2.36. The molecule has 2 aliphatic heterocycles. The van der Waals surface area contributed by atoms with Crippen LogP contribution in [0.15, 0.2) is 0 Å². The topological polar surface area (TPSA) is 15.3 Å². The van der Waals surface area contributed by atoms with Gasteiger partial charge in [-0.3, -0.25) is 0 Å². The van der Waals surface area contributed by atoms with Gasteiger partial charge < -0.3 is 10.2 Å². The minimum Gasteiger partial charge on any atom is -0.317 e. The monoisotopic (exact) mass is 252 g/mol. The third kappa shape index (κ3) is 3.48. The Hall–Kier alpha value is -0.0800. The van der Waals surface area contributed by atoms with E-state index in [9.17, 15) is 0 Å². The summed E-state index contributed by atoms with van der Waals surface area (Å²) in [7, 11) is 0. The van der Waals surface area contributed by atoms with E-state index in [0.29, 0.717) is 5.41 Å². The molecule has 1 unspecified atom stereocenters. The van der Waals surface area contributed by atoms with E-state index in [1.54, 1.807) is 0 Å². The molecule has 0 aliphatic carbocycles. The molecular weight excluding hydrogens is 220 g/mol. The van der Waals surface area contributed by atoms with Crippen LogP contribution in [0.1, 0.15) is 52.9 Å². The van der Waals surface area contributed by atoms with Gasteiger partial charge in [0, 0.05) is 13.1 Å². The maximum atomic E-state index is 3.53. The summed E-state index contributed by atoms with van der Waals surface area (Å²) >= 11 is 0. The van der Waals surface area contributed by atoms with Gasteiger partial charge in [-0.05, 0) is 62.6 Å². The maximum Gasteiger partial charge on any atom is 0.00390 e. The smallest absolute Gasteiger partial charge is 0.00390 e. The van der Waals surface area contributed by atoms with E-state index >= 15 is 0 Å². The average molecular weight is 252 g/mol. The van der Waals surface area contributed by atoms with Gasteiger partial charge in [-0.2, -0.15) is 0 Å². The van der Waals surface area contributed by atoms with Crippen LogP contribution in [0.25, 0.3) is 0 Å². The first-order valence-electron chi connectivity index (χ1n) is 8.08. The molecule has 2 nitrogen and oxygen atoms in total. The molecule has 2 heteroatoms. The van der Waals surface area contributed by atoms with Crippen molar-refractivity contribution < 1.29 is 0 Å². The first-order chi connectivity index (χ1) is 8.65. The fourth-order valence-corrected chi connectivity index (χ4v) is 4.00. The van der Waals surface area contributed by atoms with Gasteiger partial charge >= 0.3 is 0 Å². The quantitative estimate of drug-likeness (QED) is 0.808. The van der Waals surface area contributed by atoms with E-state index < -0.39 is 0 Å². The molecule has 2 saturated heterocycles. The summed E-state index contributed by atoms with van der Waals surface area (Å²) in [5.74, 6) is 1.82. The SMILES string of the molecule is CCCC1(CN2CCC(C(C)C)C2)CCNCC1. The maximum absolute atomic E-state index is 3.53. The van der Waals surface area contributed by atoms with Crippen molar-refractivity contribution in [3.8, 4) is 0 Å². The highest BCUT2D eigenvalue weighted by Gasteiger charge is 2.35. The van der Waals surface area contributed by atoms with Gasteiger partial charge in [0.1, 0.15) is 0 Å². The van der Waals surface area contributed by atoms with Crippen molar-refractivity contribution in [1.29, 1.82) is 0 Å². The van der Waals surface area contributed by atoms with Crippen LogP contribution in [0.4, 0.5) is 0 Å². The Kier molecular flexibility index (Phi) is 5.08. The first-order valence-corrected chi connectivity index (χ1v) is 8.08. The van der Waals surface area contributed by atoms with E-state index in [2.05, 4.69) is 31.0 Å². The molecule has 0 bridgehead atoms. The number of hydrogen-bond acceptors (Lipinski definition) is 2. The van der Waals surface area contributed by atoms with Crippen LogP contribution in [-0.4, -0.2) is 37.6 Å². The van der Waals surface area contributed by atoms with Gasteiger partial charge in [0.2, 0.25) is 0 Å². The fourth-order valence-electron chi connectivity index (χ4n) is 4.00. The number of rotatable bonds is 5. The second-order valence-electron chi connectivity index (χ2n) is 7.03. The molecule has 2 fully saturated rings. The summed E-state index contributed by atoms with van der Waals surface area (Å²) in [6, 6.07) is 0. The molecule has 0 radical (unpaired) electrons. The van der Waals surface area contributed by atoms with Crippen LogP contribution in [0.2, 0.25) is 0 Å². The minimum atomic E-state index is 0.631. The van der Waals surface area contributed by atoms with Crippen LogP contribution in [-0.2, 0) is 0 Å². The summed E-state index contributed by atoms with van der Waals surface area (Å²) in [4.78, 5) is 2.77. The summed E-state index contributed by atoms with van der Waals surface area (Å²) in [6.07, 6.45) is 6.99. The number of piperidine rings is 1. The Morgan fingerprint density at radius 2 is 2.00 bits per heavy atom. The highest BCUT2D eigenvalue weighted by molar-refractivity contribution is 4.89. The van der Waals surface area contributed by atoms with E-state index in [-0.39, 0.29) is 0 Å². The Labute approximate surface area is 114 Å². The van der Waals surface area contributed by atoms with Crippen molar-refractivity contribution in [3.05, 3.63) is 0 Å². The van der Waals surface area contributed by atoms with Gasteiger partial charge in [0.25, 0.3) is 0 Å². The third-order valence-corrected chi connectivity index (χ3v) is 5.26. The number of likely N-dealkylation sites (tertiary alicyclic amines) is 1. The number of hydrogen-bond donors (Lipinski definition) is 1. The molecule has 2 aliphatic rings. The summed E-state index contributed by atoms with van der Waals surface area (Å²) in [6.45, 7) is 13.7. The molecule has 0 aromatic rings. The molecule has 1 atom stereocenters. The van der Waals surface area contributed by atoms with Crippen molar-refractivity contribution in [3.63, 3.8) is 0 Å². The molecule has 106 valence electrons. The molecule has 2 heterocycles. The first kappa shape index (κ1) is 14.3. The lowest BCUT2D eigenvalue weighted by Crippen LogP contribution is -2.44. The molecule has 0 aromatic carbocycles. The van der Waals surface area contributed by atoms with Crippen molar-refractivity contribution in [2.75, 3.05) is 32.7 Å². The number of nitrogens with zero attached hydrogens (tertiary/aromatic N) is 1. The number of nitrogens with one attached hydrogen (secondary N) is 1. The van der Waals surface area contributed by atoms with E-state index in [1.165, 1.54) is 64.8 Å². The van der Waals surface area contributed by atoms with Gasteiger partial charge in [-0.15, -0.1) is 0 Å². The van der Waals surface area contributed by atoms with Crippen LogP contribution < -0.4 is 5.32 Å². The van der Waals surface area contributed by atoms with Crippen LogP contribution in [0.3, 0.4) is 0 Å². The minimum absolute atomic E-state index is 0.631. The van der Waals surface area contributed by atoms with Crippen LogP contribution in [0.5, 0.6) is 0 Å². The van der Waals surface area contributed by atoms with E-state index in [1.807, 2.05) is 0 Å². The van der Waals surface area contributed by atoms with Gasteiger partial charge in [0.15, 0.2) is 0 Å². The third-order valence-electron chi connectivity index (χ3n) is 5.26. The molecule has 0 aromatic heterocycles. The molecule has 0 amide bonds. The Morgan fingerprint density at radius 1 is 1.28 bits per heavy atom. The summed E-state index contributed by atoms with van der Waals surface area (Å²) in [5.41, 5.74) is 0.631. The Balaban J connectivity index is 1.89. The lowest BCUT2D eigenvalue weighted by atomic mass is 9.75. The van der Waals surface area contributed by atoms with Crippen LogP contribution in [0, 0.1) is 17.3 Å². The fraction of sp³-hybridized carbons (Fsp3) is 1.00. The zero-order valence-corrected chi connectivity index (χ0v) is 12.7. The molecule has 0 spiro atoms. The van der Waals surface area contributed by atoms with Crippen LogP contribution >= 0.6 is 0 Å². The zero-order valence-electron chi connectivity index (χ0n) is 12.7. The lowest BCUT2D eigenvalue weighted by molar-refractivity contribution is 0.111. The predicted molar refractivity (Wildman–Crippen MR) is 78.8 cm³/mol. The van der Waals surface area contributed by atoms with E-state index in [4.69, 9.17) is 0 Å². The van der Waals surface area contributed by atoms with Gasteiger partial charge in [-0.25, -0.2) is 0 Å². The van der Waals surface area contributed by atoms with E-state index in [0.717, 1.165) is 11.8 Å². The zero-order chi connectivity index (χ0) is 13.0. The van der Waals surface area contributed by atoms with Crippen molar-refractivity contribution >= 4 is 0 Å². The standard InChI is InChI=1S/C16H32N2/c1-4-6-16(7-9-17-10-8-16)13-18-11-5-15(12-18)14(2)3/h14-15,17H,4-13H2,1-3H3.